The highest BCUT2D eigenvalue weighted by Crippen LogP contribution is 3.02. The van der Waals surface area contributed by atoms with Crippen molar-refractivity contribution in [1.82, 2.24) is 19.6 Å². The number of benzene rings is 1. The molecule has 0 aliphatic rings. The zero-order valence-electron chi connectivity index (χ0n) is 17.8. The molecule has 14 heteroatoms. The summed E-state index contributed by atoms with van der Waals surface area (Å²) in [6, 6.07) is 2.58. The first-order valence-corrected chi connectivity index (χ1v) is 11.6. The number of aromatic nitrogens is 4. The summed E-state index contributed by atoms with van der Waals surface area (Å²) in [4.78, 5) is 25.0. The minimum atomic E-state index is -10.1. The summed E-state index contributed by atoms with van der Waals surface area (Å²) in [7, 11) is -9.07. The van der Waals surface area contributed by atoms with Crippen molar-refractivity contribution in [1.29, 1.82) is 0 Å². The number of ether oxygens (including phenoxy) is 1. The fourth-order valence-corrected chi connectivity index (χ4v) is 3.89. The molecule has 0 fully saturated rings. The van der Waals surface area contributed by atoms with E-state index >= 15 is 0 Å². The van der Waals surface area contributed by atoms with Crippen LogP contribution in [0.4, 0.5) is 19.4 Å². The van der Waals surface area contributed by atoms with Crippen LogP contribution in [0, 0.1) is 0 Å². The lowest BCUT2D eigenvalue weighted by atomic mass is 10.1. The Morgan fingerprint density at radius 2 is 1.79 bits per heavy atom. The molecule has 2 aromatic heterocycles. The Labute approximate surface area is 185 Å². The van der Waals surface area contributed by atoms with Crippen LogP contribution in [0.15, 0.2) is 41.7 Å². The van der Waals surface area contributed by atoms with Gasteiger partial charge in [0.2, 0.25) is 5.78 Å². The SMILES string of the molecule is CCN(CC)C(=O)c1ccnn2cn[n+](CC(=O)c3cc(OC)cc(S(F)(F)(F)(F)F)c3)c12. The summed E-state index contributed by atoms with van der Waals surface area (Å²) in [5.41, 5.74) is -0.359. The number of hydrogen-bond donors (Lipinski definition) is 0. The summed E-state index contributed by atoms with van der Waals surface area (Å²) in [5, 5.41) is 8.00. The number of carbonyl (C=O) groups is 2. The van der Waals surface area contributed by atoms with Crippen molar-refractivity contribution in [3.8, 4) is 5.75 Å². The average molecular weight is 494 g/mol. The summed E-state index contributed by atoms with van der Waals surface area (Å²) in [6.07, 6.45) is 2.58. The molecule has 1 amide bonds. The normalized spacial score (nSPS) is 13.9. The second-order valence-electron chi connectivity index (χ2n) is 7.07. The minimum Gasteiger partial charge on any atom is -0.497 e. The van der Waals surface area contributed by atoms with Crippen molar-refractivity contribution in [2.45, 2.75) is 25.3 Å². The molecule has 8 nitrogen and oxygen atoms in total. The van der Waals surface area contributed by atoms with E-state index in [1.54, 1.807) is 13.8 Å². The van der Waals surface area contributed by atoms with Crippen LogP contribution in [-0.2, 0) is 6.54 Å². The summed E-state index contributed by atoms with van der Waals surface area (Å²) < 4.78 is 73.7. The van der Waals surface area contributed by atoms with E-state index in [-0.39, 0.29) is 29.3 Å². The Morgan fingerprint density at radius 1 is 1.12 bits per heavy atom. The highest BCUT2D eigenvalue weighted by Gasteiger charge is 2.65. The lowest BCUT2D eigenvalue weighted by Gasteiger charge is -2.40. The molecule has 0 bridgehead atoms. The van der Waals surface area contributed by atoms with Gasteiger partial charge in [-0.1, -0.05) is 29.0 Å². The highest BCUT2D eigenvalue weighted by atomic mass is 32.5. The van der Waals surface area contributed by atoms with Crippen molar-refractivity contribution in [3.63, 3.8) is 0 Å². The Balaban J connectivity index is 2.06. The predicted molar refractivity (Wildman–Crippen MR) is 109 cm³/mol. The lowest BCUT2D eigenvalue weighted by molar-refractivity contribution is -0.715. The second-order valence-corrected chi connectivity index (χ2v) is 9.48. The third-order valence-corrected chi connectivity index (χ3v) is 6.02. The van der Waals surface area contributed by atoms with Gasteiger partial charge in [-0.05, 0) is 37.1 Å². The van der Waals surface area contributed by atoms with Crippen LogP contribution < -0.4 is 9.42 Å². The molecule has 0 atom stereocenters. The molecular weight excluding hydrogens is 473 g/mol. The molecule has 0 spiro atoms. The van der Waals surface area contributed by atoms with Crippen LogP contribution >= 0.6 is 10.2 Å². The monoisotopic (exact) mass is 494 g/mol. The van der Waals surface area contributed by atoms with E-state index in [0.29, 0.717) is 13.1 Å². The van der Waals surface area contributed by atoms with E-state index in [1.807, 2.05) is 0 Å². The third-order valence-electron chi connectivity index (χ3n) is 4.89. The van der Waals surface area contributed by atoms with Gasteiger partial charge in [0.05, 0.1) is 13.3 Å². The molecule has 0 radical (unpaired) electrons. The fourth-order valence-electron chi connectivity index (χ4n) is 3.20. The van der Waals surface area contributed by atoms with Crippen LogP contribution in [0.3, 0.4) is 0 Å². The largest absolute Gasteiger partial charge is 0.497 e. The van der Waals surface area contributed by atoms with Crippen LogP contribution in [0.1, 0.15) is 34.6 Å². The number of amides is 1. The molecular formula is C19H21F5N5O3S+. The van der Waals surface area contributed by atoms with Crippen molar-refractivity contribution in [3.05, 3.63) is 47.9 Å². The van der Waals surface area contributed by atoms with Gasteiger partial charge in [0.1, 0.15) is 16.2 Å². The molecule has 33 heavy (non-hydrogen) atoms. The standard InChI is InChI=1S/C19H21F5N5O3S/c1-4-27(5-2)19(31)16-6-7-25-29-12-26-28(18(16)29)11-17(30)13-8-14(32-3)10-15(9-13)33(20,21,22,23)24/h6-10,12H,4-5,11H2,1-3H3/q+1. The maximum atomic E-state index is 13.3. The molecule has 0 unspecified atom stereocenters. The summed E-state index contributed by atoms with van der Waals surface area (Å²) in [6.45, 7) is 3.77. The van der Waals surface area contributed by atoms with Crippen LogP contribution in [0.5, 0.6) is 5.75 Å². The minimum absolute atomic E-state index is 0.0887. The third kappa shape index (κ3) is 5.05. The van der Waals surface area contributed by atoms with Crippen LogP contribution in [-0.4, -0.2) is 51.5 Å². The predicted octanol–water partition coefficient (Wildman–Crippen LogP) is 4.05. The van der Waals surface area contributed by atoms with Gasteiger partial charge >= 0.3 is 15.9 Å². The Hall–Kier alpha value is -3.29. The zero-order valence-corrected chi connectivity index (χ0v) is 18.7. The molecule has 3 aromatic rings. The van der Waals surface area contributed by atoms with Gasteiger partial charge in [-0.2, -0.15) is 0 Å². The quantitative estimate of drug-likeness (QED) is 0.268. The van der Waals surface area contributed by atoms with Gasteiger partial charge in [-0.25, -0.2) is 0 Å². The van der Waals surface area contributed by atoms with E-state index in [0.717, 1.165) is 17.9 Å². The number of methoxy groups -OCH3 is 1. The molecule has 180 valence electrons. The molecule has 0 aliphatic heterocycles. The summed E-state index contributed by atoms with van der Waals surface area (Å²) >= 11 is 0. The molecule has 0 aliphatic carbocycles. The molecule has 0 saturated heterocycles. The zero-order chi connectivity index (χ0) is 24.7. The number of hydrogen-bond acceptors (Lipinski definition) is 5. The van der Waals surface area contributed by atoms with Gasteiger partial charge < -0.3 is 9.64 Å². The van der Waals surface area contributed by atoms with Gasteiger partial charge in [0, 0.05) is 24.7 Å². The van der Waals surface area contributed by atoms with Crippen molar-refractivity contribution in [2.75, 3.05) is 20.2 Å². The van der Waals surface area contributed by atoms with Gasteiger partial charge in [0.15, 0.2) is 6.54 Å². The van der Waals surface area contributed by atoms with E-state index in [9.17, 15) is 29.0 Å². The Kier molecular flexibility index (Phi) is 5.64. The Bertz CT molecular complexity index is 1240. The first-order chi connectivity index (χ1) is 15.2. The van der Waals surface area contributed by atoms with Crippen LogP contribution in [0.2, 0.25) is 0 Å². The van der Waals surface area contributed by atoms with E-state index in [2.05, 4.69) is 14.9 Å². The van der Waals surface area contributed by atoms with Crippen molar-refractivity contribution < 1.29 is 38.4 Å². The number of nitrogens with zero attached hydrogens (tertiary/aromatic N) is 5. The second kappa shape index (κ2) is 7.64. The first kappa shape index (κ1) is 24.4. The van der Waals surface area contributed by atoms with Crippen LogP contribution in [0.25, 0.3) is 5.65 Å². The topological polar surface area (TPSA) is 80.7 Å². The van der Waals surface area contributed by atoms with Gasteiger partial charge in [0.25, 0.3) is 12.2 Å². The number of Topliss-reactive ketones (excluding diaryl/α,β-unsaturated/α-hetero) is 1. The Morgan fingerprint density at radius 3 is 2.36 bits per heavy atom. The number of fused-ring (bicyclic) bond motifs is 1. The first-order valence-electron chi connectivity index (χ1n) is 9.66. The van der Waals surface area contributed by atoms with Crippen molar-refractivity contribution in [2.24, 2.45) is 0 Å². The molecule has 2 heterocycles. The van der Waals surface area contributed by atoms with Gasteiger partial charge in [-0.15, -0.1) is 4.68 Å². The average Bonchev–Trinajstić information content (AvgIpc) is 3.15. The summed E-state index contributed by atoms with van der Waals surface area (Å²) in [5.74, 6) is -1.87. The number of rotatable bonds is 8. The molecule has 3 rings (SSSR count). The van der Waals surface area contributed by atoms with E-state index in [1.165, 1.54) is 28.0 Å². The smallest absolute Gasteiger partial charge is 0.342 e. The molecule has 1 aromatic carbocycles. The van der Waals surface area contributed by atoms with Gasteiger partial charge in [-0.3, -0.25) is 9.59 Å². The highest BCUT2D eigenvalue weighted by molar-refractivity contribution is 8.45. The molecule has 0 saturated carbocycles. The number of ketones is 1. The fraction of sp³-hybridized carbons (Fsp3) is 0.316. The number of halogens is 5. The van der Waals surface area contributed by atoms with E-state index in [4.69, 9.17) is 0 Å². The van der Waals surface area contributed by atoms with E-state index < -0.39 is 38.8 Å². The maximum absolute atomic E-state index is 13.3. The maximum Gasteiger partial charge on any atom is 0.342 e. The number of carbonyl (C=O) groups excluding carboxylic acids is 2. The van der Waals surface area contributed by atoms with Crippen molar-refractivity contribution >= 4 is 27.6 Å². The lowest BCUT2D eigenvalue weighted by Crippen LogP contribution is -2.42. The molecule has 0 N–H and O–H groups in total.